The van der Waals surface area contributed by atoms with Crippen molar-refractivity contribution >= 4 is 5.78 Å². The summed E-state index contributed by atoms with van der Waals surface area (Å²) in [5, 5.41) is 3.23. The van der Waals surface area contributed by atoms with Crippen LogP contribution in [-0.2, 0) is 11.2 Å². The number of hydrogen-bond donors (Lipinski definition) is 1. The van der Waals surface area contributed by atoms with Gasteiger partial charge in [0.2, 0.25) is 0 Å². The zero-order valence-corrected chi connectivity index (χ0v) is 11.6. The summed E-state index contributed by atoms with van der Waals surface area (Å²) in [7, 11) is 0. The highest BCUT2D eigenvalue weighted by Gasteiger charge is 2.13. The molecule has 0 saturated heterocycles. The van der Waals surface area contributed by atoms with Crippen molar-refractivity contribution in [1.82, 2.24) is 5.32 Å². The van der Waals surface area contributed by atoms with Crippen LogP contribution in [-0.4, -0.2) is 17.9 Å². The van der Waals surface area contributed by atoms with E-state index in [1.54, 1.807) is 0 Å². The Morgan fingerprint density at radius 2 is 1.71 bits per heavy atom. The van der Waals surface area contributed by atoms with Gasteiger partial charge in [-0.1, -0.05) is 18.2 Å². The summed E-state index contributed by atoms with van der Waals surface area (Å²) in [4.78, 5) is 11.9. The topological polar surface area (TPSA) is 29.1 Å². The number of ketones is 1. The molecule has 0 aliphatic heterocycles. The summed E-state index contributed by atoms with van der Waals surface area (Å²) >= 11 is 0. The number of carbonyl (C=O) groups excluding carboxylic acids is 1. The second-order valence-electron chi connectivity index (χ2n) is 5.69. The average molecular weight is 233 g/mol. The summed E-state index contributed by atoms with van der Waals surface area (Å²) in [6.45, 7) is 10.8. The third-order valence-corrected chi connectivity index (χ3v) is 2.83. The molecule has 0 aromatic heterocycles. The van der Waals surface area contributed by atoms with Crippen molar-refractivity contribution in [3.63, 3.8) is 0 Å². The first kappa shape index (κ1) is 13.9. The highest BCUT2D eigenvalue weighted by Crippen LogP contribution is 2.14. The highest BCUT2D eigenvalue weighted by atomic mass is 16.1. The fourth-order valence-electron chi connectivity index (χ4n) is 1.75. The second-order valence-corrected chi connectivity index (χ2v) is 5.69. The summed E-state index contributed by atoms with van der Waals surface area (Å²) in [5.74, 6) is 0.248. The molecule has 1 aromatic rings. The molecule has 1 N–H and O–H groups in total. The Bertz CT molecular complexity index is 382. The number of nitrogens with one attached hydrogen (secondary N) is 1. The maximum absolute atomic E-state index is 11.9. The maximum Gasteiger partial charge on any atom is 0.151 e. The zero-order valence-electron chi connectivity index (χ0n) is 11.6. The van der Waals surface area contributed by atoms with Gasteiger partial charge in [0.25, 0.3) is 0 Å². The van der Waals surface area contributed by atoms with Crippen LogP contribution in [0.25, 0.3) is 0 Å². The van der Waals surface area contributed by atoms with E-state index in [0.717, 1.165) is 0 Å². The lowest BCUT2D eigenvalue weighted by Crippen LogP contribution is -2.39. The van der Waals surface area contributed by atoms with E-state index in [-0.39, 0.29) is 11.3 Å². The van der Waals surface area contributed by atoms with Gasteiger partial charge in [0, 0.05) is 12.0 Å². The fraction of sp³-hybridized carbons (Fsp3) is 0.533. The summed E-state index contributed by atoms with van der Waals surface area (Å²) < 4.78 is 0. The number of benzene rings is 1. The third-order valence-electron chi connectivity index (χ3n) is 2.83. The van der Waals surface area contributed by atoms with Crippen LogP contribution in [0.3, 0.4) is 0 Å². The van der Waals surface area contributed by atoms with Crippen molar-refractivity contribution in [2.75, 3.05) is 6.54 Å². The molecule has 0 aliphatic rings. The quantitative estimate of drug-likeness (QED) is 0.866. The van der Waals surface area contributed by atoms with Gasteiger partial charge in [-0.25, -0.2) is 0 Å². The molecule has 0 heterocycles. The SMILES string of the molecule is Cc1cccc(C)c1CC(=O)CNC(C)(C)C. The molecule has 0 aliphatic carbocycles. The molecule has 0 amide bonds. The predicted molar refractivity (Wildman–Crippen MR) is 72.4 cm³/mol. The van der Waals surface area contributed by atoms with Crippen molar-refractivity contribution in [1.29, 1.82) is 0 Å². The molecule has 94 valence electrons. The van der Waals surface area contributed by atoms with E-state index in [1.807, 2.05) is 6.07 Å². The minimum absolute atomic E-state index is 0.00353. The van der Waals surface area contributed by atoms with Gasteiger partial charge in [-0.2, -0.15) is 0 Å². The van der Waals surface area contributed by atoms with Crippen LogP contribution in [0.5, 0.6) is 0 Å². The molecular weight excluding hydrogens is 210 g/mol. The number of carbonyl (C=O) groups is 1. The Morgan fingerprint density at radius 1 is 1.18 bits per heavy atom. The van der Waals surface area contributed by atoms with E-state index in [1.165, 1.54) is 16.7 Å². The summed E-state index contributed by atoms with van der Waals surface area (Å²) in [6.07, 6.45) is 0.529. The van der Waals surface area contributed by atoms with Crippen molar-refractivity contribution in [2.45, 2.75) is 46.6 Å². The van der Waals surface area contributed by atoms with Crippen molar-refractivity contribution in [3.8, 4) is 0 Å². The lowest BCUT2D eigenvalue weighted by atomic mass is 9.98. The molecule has 1 rings (SSSR count). The molecule has 0 radical (unpaired) electrons. The van der Waals surface area contributed by atoms with Crippen molar-refractivity contribution in [2.24, 2.45) is 0 Å². The van der Waals surface area contributed by atoms with Crippen molar-refractivity contribution in [3.05, 3.63) is 34.9 Å². The van der Waals surface area contributed by atoms with E-state index in [2.05, 4.69) is 52.1 Å². The van der Waals surface area contributed by atoms with Crippen LogP contribution in [0.1, 0.15) is 37.5 Å². The fourth-order valence-corrected chi connectivity index (χ4v) is 1.75. The van der Waals surface area contributed by atoms with Crippen LogP contribution in [0.2, 0.25) is 0 Å². The first-order chi connectivity index (χ1) is 7.79. The number of rotatable bonds is 4. The van der Waals surface area contributed by atoms with Crippen LogP contribution in [0.15, 0.2) is 18.2 Å². The lowest BCUT2D eigenvalue weighted by Gasteiger charge is -2.20. The van der Waals surface area contributed by atoms with Gasteiger partial charge in [0.1, 0.15) is 0 Å². The normalized spacial score (nSPS) is 11.6. The van der Waals surface area contributed by atoms with Gasteiger partial charge < -0.3 is 5.32 Å². The summed E-state index contributed by atoms with van der Waals surface area (Å²) in [5.41, 5.74) is 3.58. The molecule has 0 fully saturated rings. The standard InChI is InChI=1S/C15H23NO/c1-11-7-6-8-12(2)14(11)9-13(17)10-16-15(3,4)5/h6-8,16H,9-10H2,1-5H3. The molecule has 2 heteroatoms. The highest BCUT2D eigenvalue weighted by molar-refractivity contribution is 5.83. The predicted octanol–water partition coefficient (Wildman–Crippen LogP) is 2.80. The van der Waals surface area contributed by atoms with Gasteiger partial charge in [0.15, 0.2) is 5.78 Å². The van der Waals surface area contributed by atoms with E-state index in [0.29, 0.717) is 13.0 Å². The minimum atomic E-state index is -0.00353. The third kappa shape index (κ3) is 4.70. The average Bonchev–Trinajstić information content (AvgIpc) is 2.20. The molecule has 0 unspecified atom stereocenters. The number of aryl methyl sites for hydroxylation is 2. The van der Waals surface area contributed by atoms with Crippen molar-refractivity contribution < 1.29 is 4.79 Å². The molecule has 0 bridgehead atoms. The van der Waals surface area contributed by atoms with Gasteiger partial charge in [-0.05, 0) is 51.3 Å². The van der Waals surface area contributed by atoms with Gasteiger partial charge in [-0.15, -0.1) is 0 Å². The van der Waals surface area contributed by atoms with E-state index in [9.17, 15) is 4.79 Å². The molecule has 1 aromatic carbocycles. The van der Waals surface area contributed by atoms with Crippen LogP contribution in [0, 0.1) is 13.8 Å². The van der Waals surface area contributed by atoms with E-state index < -0.39 is 0 Å². The minimum Gasteiger partial charge on any atom is -0.305 e. The zero-order chi connectivity index (χ0) is 13.1. The Morgan fingerprint density at radius 3 is 2.18 bits per heavy atom. The molecule has 0 atom stereocenters. The van der Waals surface area contributed by atoms with Crippen LogP contribution < -0.4 is 5.32 Å². The largest absolute Gasteiger partial charge is 0.305 e. The lowest BCUT2D eigenvalue weighted by molar-refractivity contribution is -0.117. The molecule has 17 heavy (non-hydrogen) atoms. The molecule has 0 saturated carbocycles. The molecular formula is C15H23NO. The summed E-state index contributed by atoms with van der Waals surface area (Å²) in [6, 6.07) is 6.16. The molecule has 2 nitrogen and oxygen atoms in total. The Labute approximate surface area is 104 Å². The number of Topliss-reactive ketones (excluding diaryl/α,β-unsaturated/α-hetero) is 1. The first-order valence-corrected chi connectivity index (χ1v) is 6.11. The first-order valence-electron chi connectivity index (χ1n) is 6.11. The maximum atomic E-state index is 11.9. The van der Waals surface area contributed by atoms with Gasteiger partial charge in [-0.3, -0.25) is 4.79 Å². The van der Waals surface area contributed by atoms with Gasteiger partial charge in [0.05, 0.1) is 6.54 Å². The smallest absolute Gasteiger partial charge is 0.151 e. The molecule has 0 spiro atoms. The Hall–Kier alpha value is -1.15. The second kappa shape index (κ2) is 5.46. The van der Waals surface area contributed by atoms with E-state index >= 15 is 0 Å². The number of hydrogen-bond acceptors (Lipinski definition) is 2. The van der Waals surface area contributed by atoms with Crippen LogP contribution >= 0.6 is 0 Å². The van der Waals surface area contributed by atoms with E-state index in [4.69, 9.17) is 0 Å². The van der Waals surface area contributed by atoms with Gasteiger partial charge >= 0.3 is 0 Å². The van der Waals surface area contributed by atoms with Crippen LogP contribution in [0.4, 0.5) is 0 Å². The monoisotopic (exact) mass is 233 g/mol. The Balaban J connectivity index is 2.63. The Kier molecular flexibility index (Phi) is 4.47.